The van der Waals surface area contributed by atoms with Gasteiger partial charge in [-0.05, 0) is 57.1 Å². The number of aliphatic hydroxyl groups excluding tert-OH is 1. The SMILES string of the molecule is CC[C@H](C)[C@@H](C(=O)OC)N(C(=O)CC(O)[C@@H](N)Cc1ccc([N+](=O)[O-])cc1)C(=O)[C@H](Cc1cnc[nH]1)NC(=O)[C@H](Cc1ccccc1)NC(=O)[C@@H]1CCCN1C(=O)OC(C)(C)C. The summed E-state index contributed by atoms with van der Waals surface area (Å²) in [5.41, 5.74) is 6.93. The number of aromatic amines is 1. The van der Waals surface area contributed by atoms with Gasteiger partial charge in [0.05, 0.1) is 30.9 Å². The van der Waals surface area contributed by atoms with Crippen molar-refractivity contribution in [3.8, 4) is 0 Å². The molecule has 336 valence electrons. The van der Waals surface area contributed by atoms with Gasteiger partial charge in [-0.2, -0.15) is 0 Å². The van der Waals surface area contributed by atoms with Crippen LogP contribution in [0.1, 0.15) is 77.1 Å². The Morgan fingerprint density at radius 3 is 2.26 bits per heavy atom. The van der Waals surface area contributed by atoms with Gasteiger partial charge in [-0.15, -0.1) is 0 Å². The zero-order chi connectivity index (χ0) is 45.7. The largest absolute Gasteiger partial charge is 0.467 e. The van der Waals surface area contributed by atoms with Crippen molar-refractivity contribution in [1.82, 2.24) is 30.4 Å². The first kappa shape index (κ1) is 48.5. The van der Waals surface area contributed by atoms with E-state index in [1.165, 1.54) is 41.7 Å². The second-order valence-corrected chi connectivity index (χ2v) is 16.4. The summed E-state index contributed by atoms with van der Waals surface area (Å²) in [5, 5.41) is 27.8. The molecule has 1 fully saturated rings. The number of methoxy groups -OCH3 is 1. The summed E-state index contributed by atoms with van der Waals surface area (Å²) in [6, 6.07) is 7.97. The third-order valence-corrected chi connectivity index (χ3v) is 10.6. The van der Waals surface area contributed by atoms with Crippen LogP contribution in [0.2, 0.25) is 0 Å². The Labute approximate surface area is 360 Å². The number of nitro benzene ring substituents is 1. The number of hydrogen-bond acceptors (Lipinski definition) is 13. The first-order chi connectivity index (χ1) is 29.3. The number of aliphatic hydroxyl groups is 1. The molecule has 4 rings (SSSR count). The molecular weight excluding hydrogens is 805 g/mol. The van der Waals surface area contributed by atoms with Gasteiger partial charge in [0, 0.05) is 49.5 Å². The van der Waals surface area contributed by atoms with E-state index in [1.807, 2.05) is 0 Å². The number of imidazole rings is 1. The fraction of sp³-hybridized carbons (Fsp3) is 0.512. The minimum absolute atomic E-state index is 0.00952. The fourth-order valence-corrected chi connectivity index (χ4v) is 7.10. The number of rotatable bonds is 19. The number of carbonyl (C=O) groups is 6. The molecule has 7 atom stereocenters. The van der Waals surface area contributed by atoms with Crippen LogP contribution in [-0.4, -0.2) is 121 Å². The number of nitro groups is 1. The van der Waals surface area contributed by atoms with Crippen LogP contribution in [0, 0.1) is 16.0 Å². The van der Waals surface area contributed by atoms with Gasteiger partial charge in [0.25, 0.3) is 11.6 Å². The minimum atomic E-state index is -1.55. The van der Waals surface area contributed by atoms with Crippen LogP contribution in [0.3, 0.4) is 0 Å². The molecule has 19 heteroatoms. The van der Waals surface area contributed by atoms with Crippen LogP contribution < -0.4 is 16.4 Å². The fourth-order valence-electron chi connectivity index (χ4n) is 7.10. The molecule has 5 amide bonds. The van der Waals surface area contributed by atoms with Gasteiger partial charge in [-0.1, -0.05) is 62.7 Å². The van der Waals surface area contributed by atoms with Crippen molar-refractivity contribution in [3.05, 3.63) is 94.1 Å². The van der Waals surface area contributed by atoms with Gasteiger partial charge >= 0.3 is 12.1 Å². The average Bonchev–Trinajstić information content (AvgIpc) is 3.95. The van der Waals surface area contributed by atoms with Crippen molar-refractivity contribution in [1.29, 1.82) is 0 Å². The second-order valence-electron chi connectivity index (χ2n) is 16.4. The van der Waals surface area contributed by atoms with E-state index >= 15 is 0 Å². The normalized spacial score (nSPS) is 16.8. The average molecular weight is 863 g/mol. The number of likely N-dealkylation sites (tertiary alicyclic amines) is 1. The Morgan fingerprint density at radius 1 is 1.02 bits per heavy atom. The molecule has 1 aliphatic heterocycles. The predicted molar refractivity (Wildman–Crippen MR) is 225 cm³/mol. The molecule has 0 aliphatic carbocycles. The van der Waals surface area contributed by atoms with Crippen LogP contribution in [0.15, 0.2) is 67.1 Å². The molecule has 0 radical (unpaired) electrons. The molecule has 1 unspecified atom stereocenters. The van der Waals surface area contributed by atoms with Crippen molar-refractivity contribution in [3.63, 3.8) is 0 Å². The summed E-state index contributed by atoms with van der Waals surface area (Å²) in [6.07, 6.45) is 0.710. The molecule has 1 saturated heterocycles. The summed E-state index contributed by atoms with van der Waals surface area (Å²) in [5.74, 6) is -5.00. The highest BCUT2D eigenvalue weighted by Crippen LogP contribution is 2.24. The van der Waals surface area contributed by atoms with Crippen LogP contribution >= 0.6 is 0 Å². The number of non-ortho nitro benzene ring substituents is 1. The number of nitrogens with two attached hydrogens (primary N) is 1. The standard InChI is InChI=1S/C43H58N8O11/c1-7-26(2)37(41(57)61-6)50(36(53)23-35(52)31(44)20-28-15-17-30(18-16-28)51(59)60)40(56)33(22-29-24-45-25-46-29)48-38(54)32(21-27-12-9-8-10-13-27)47-39(55)34-14-11-19-49(34)42(58)62-43(3,4)5/h8-10,12-13,15-18,24-26,31-35,37,52H,7,11,14,19-23,44H2,1-6H3,(H,45,46)(H,47,55)(H,48,54)/t26-,31-,32-,33-,34-,35?,37-/m0/s1. The highest BCUT2D eigenvalue weighted by atomic mass is 16.6. The molecule has 1 aliphatic rings. The number of esters is 1. The van der Waals surface area contributed by atoms with E-state index in [0.717, 1.165) is 7.11 Å². The van der Waals surface area contributed by atoms with E-state index in [1.54, 1.807) is 65.0 Å². The Bertz CT molecular complexity index is 2010. The molecular formula is C43H58N8O11. The number of nitrogens with zero attached hydrogens (tertiary/aromatic N) is 4. The second kappa shape index (κ2) is 22.1. The number of ether oxygens (including phenoxy) is 2. The number of amides is 5. The monoisotopic (exact) mass is 862 g/mol. The van der Waals surface area contributed by atoms with Gasteiger partial charge in [0.2, 0.25) is 17.7 Å². The summed E-state index contributed by atoms with van der Waals surface area (Å²) in [4.78, 5) is 104. The van der Waals surface area contributed by atoms with Gasteiger partial charge in [-0.25, -0.2) is 14.6 Å². The highest BCUT2D eigenvalue weighted by molar-refractivity contribution is 6.03. The number of carbonyl (C=O) groups excluding carboxylic acids is 6. The van der Waals surface area contributed by atoms with E-state index in [-0.39, 0.29) is 31.5 Å². The third-order valence-electron chi connectivity index (χ3n) is 10.6. The van der Waals surface area contributed by atoms with Gasteiger partial charge < -0.3 is 35.9 Å². The zero-order valence-electron chi connectivity index (χ0n) is 35.9. The highest BCUT2D eigenvalue weighted by Gasteiger charge is 2.44. The number of H-pyrrole nitrogens is 1. The quantitative estimate of drug-likeness (QED) is 0.0660. The molecule has 0 bridgehead atoms. The molecule has 2 aromatic carbocycles. The van der Waals surface area contributed by atoms with E-state index < -0.39 is 94.9 Å². The van der Waals surface area contributed by atoms with E-state index in [9.17, 15) is 44.0 Å². The number of benzene rings is 2. The van der Waals surface area contributed by atoms with Crippen molar-refractivity contribution in [2.75, 3.05) is 13.7 Å². The third kappa shape index (κ3) is 13.4. The summed E-state index contributed by atoms with van der Waals surface area (Å²) >= 11 is 0. The maximum absolute atomic E-state index is 14.9. The van der Waals surface area contributed by atoms with Gasteiger partial charge in [-0.3, -0.25) is 39.1 Å². The van der Waals surface area contributed by atoms with Crippen LogP contribution in [0.5, 0.6) is 0 Å². The van der Waals surface area contributed by atoms with E-state index in [2.05, 4.69) is 20.6 Å². The van der Waals surface area contributed by atoms with Gasteiger partial charge in [0.1, 0.15) is 29.8 Å². The molecule has 19 nitrogen and oxygen atoms in total. The Balaban J connectivity index is 1.67. The maximum atomic E-state index is 14.9. The number of aromatic nitrogens is 2. The van der Waals surface area contributed by atoms with Crippen molar-refractivity contribution in [2.24, 2.45) is 11.7 Å². The molecule has 62 heavy (non-hydrogen) atoms. The minimum Gasteiger partial charge on any atom is -0.467 e. The Hall–Kier alpha value is -6.21. The molecule has 6 N–H and O–H groups in total. The molecule has 2 heterocycles. The molecule has 0 saturated carbocycles. The van der Waals surface area contributed by atoms with Crippen molar-refractivity contribution < 1.29 is 48.3 Å². The first-order valence-corrected chi connectivity index (χ1v) is 20.6. The lowest BCUT2D eigenvalue weighted by Gasteiger charge is -2.35. The maximum Gasteiger partial charge on any atom is 0.410 e. The van der Waals surface area contributed by atoms with Crippen LogP contribution in [0.4, 0.5) is 10.5 Å². The molecule has 1 aromatic heterocycles. The van der Waals surface area contributed by atoms with E-state index in [0.29, 0.717) is 41.0 Å². The lowest BCUT2D eigenvalue weighted by Crippen LogP contribution is -2.61. The smallest absolute Gasteiger partial charge is 0.410 e. The lowest BCUT2D eigenvalue weighted by molar-refractivity contribution is -0.384. The topological polar surface area (TPSA) is 269 Å². The first-order valence-electron chi connectivity index (χ1n) is 20.6. The number of nitrogens with one attached hydrogen (secondary N) is 3. The summed E-state index contributed by atoms with van der Waals surface area (Å²) < 4.78 is 10.6. The van der Waals surface area contributed by atoms with Crippen LogP contribution in [-0.2, 0) is 52.7 Å². The van der Waals surface area contributed by atoms with Crippen molar-refractivity contribution in [2.45, 2.75) is 121 Å². The van der Waals surface area contributed by atoms with Gasteiger partial charge in [0.15, 0.2) is 0 Å². The Morgan fingerprint density at radius 2 is 1.68 bits per heavy atom. The lowest BCUT2D eigenvalue weighted by atomic mass is 9.94. The van der Waals surface area contributed by atoms with Crippen LogP contribution in [0.25, 0.3) is 0 Å². The summed E-state index contributed by atoms with van der Waals surface area (Å²) in [7, 11) is 1.11. The zero-order valence-corrected chi connectivity index (χ0v) is 35.9. The number of hydrogen-bond donors (Lipinski definition) is 5. The molecule has 0 spiro atoms. The molecule has 3 aromatic rings. The van der Waals surface area contributed by atoms with E-state index in [4.69, 9.17) is 15.2 Å². The summed E-state index contributed by atoms with van der Waals surface area (Å²) in [6.45, 7) is 8.79. The number of imide groups is 1. The predicted octanol–water partition coefficient (Wildman–Crippen LogP) is 2.74. The van der Waals surface area contributed by atoms with Crippen molar-refractivity contribution >= 4 is 41.4 Å². The Kier molecular flexibility index (Phi) is 17.2.